The molecule has 0 amide bonds. The van der Waals surface area contributed by atoms with Crippen molar-refractivity contribution in [3.05, 3.63) is 231 Å². The Morgan fingerprint density at radius 2 is 0.859 bits per heavy atom. The van der Waals surface area contributed by atoms with E-state index >= 15 is 0 Å². The molecule has 0 aliphatic heterocycles. The van der Waals surface area contributed by atoms with Gasteiger partial charge in [-0.3, -0.25) is 0 Å². The number of benzene rings is 10. The first-order valence-corrected chi connectivity index (χ1v) is 21.8. The van der Waals surface area contributed by atoms with E-state index in [4.69, 9.17) is 8.83 Å². The number of fused-ring (bicyclic) bond motifs is 9. The molecule has 0 spiro atoms. The number of hydrogen-bond acceptors (Lipinski definition) is 3. The van der Waals surface area contributed by atoms with Crippen LogP contribution in [0.4, 0.5) is 17.1 Å². The Morgan fingerprint density at radius 3 is 1.59 bits per heavy atom. The first kappa shape index (κ1) is 36.1. The molecule has 10 aromatic carbocycles. The lowest BCUT2D eigenvalue weighted by atomic mass is 9.96. The van der Waals surface area contributed by atoms with Gasteiger partial charge in [-0.25, -0.2) is 0 Å². The number of nitrogens with zero attached hydrogens (tertiary/aromatic N) is 2. The summed E-state index contributed by atoms with van der Waals surface area (Å²) in [7, 11) is 0. The van der Waals surface area contributed by atoms with Gasteiger partial charge in [0.05, 0.1) is 28.0 Å². The minimum atomic E-state index is 0.834. The molecule has 0 atom stereocenters. The molecule has 0 saturated heterocycles. The molecule has 13 aromatic rings. The number of furan rings is 2. The van der Waals surface area contributed by atoms with Crippen LogP contribution < -0.4 is 4.90 Å². The minimum Gasteiger partial charge on any atom is -0.455 e. The predicted molar refractivity (Wildman–Crippen MR) is 266 cm³/mol. The summed E-state index contributed by atoms with van der Waals surface area (Å²) in [4.78, 5) is 2.39. The minimum absolute atomic E-state index is 0.834. The maximum atomic E-state index is 7.05. The Bertz CT molecular complexity index is 3860. The van der Waals surface area contributed by atoms with E-state index in [-0.39, 0.29) is 0 Å². The molecule has 64 heavy (non-hydrogen) atoms. The average Bonchev–Trinajstić information content (AvgIpc) is 4.05. The summed E-state index contributed by atoms with van der Waals surface area (Å²) in [6, 6.07) is 82.1. The van der Waals surface area contributed by atoms with Gasteiger partial charge in [0, 0.05) is 54.8 Å². The maximum absolute atomic E-state index is 7.05. The van der Waals surface area contributed by atoms with Gasteiger partial charge in [0.25, 0.3) is 0 Å². The van der Waals surface area contributed by atoms with Crippen LogP contribution in [-0.4, -0.2) is 4.57 Å². The molecule has 0 N–H and O–H groups in total. The van der Waals surface area contributed by atoms with Gasteiger partial charge in [-0.2, -0.15) is 0 Å². The van der Waals surface area contributed by atoms with E-state index < -0.39 is 0 Å². The second-order valence-electron chi connectivity index (χ2n) is 16.4. The number of anilines is 3. The molecule has 13 rings (SSSR count). The molecule has 3 aromatic heterocycles. The molecule has 0 aliphatic carbocycles. The maximum Gasteiger partial charge on any atom is 0.145 e. The van der Waals surface area contributed by atoms with Crippen LogP contribution in [0, 0.1) is 0 Å². The van der Waals surface area contributed by atoms with Crippen LogP contribution in [0.5, 0.6) is 0 Å². The Morgan fingerprint density at radius 1 is 0.328 bits per heavy atom. The van der Waals surface area contributed by atoms with Gasteiger partial charge in [-0.1, -0.05) is 164 Å². The van der Waals surface area contributed by atoms with Crippen LogP contribution in [0.2, 0.25) is 0 Å². The van der Waals surface area contributed by atoms with Gasteiger partial charge < -0.3 is 18.3 Å². The van der Waals surface area contributed by atoms with Crippen molar-refractivity contribution in [1.82, 2.24) is 4.57 Å². The molecule has 300 valence electrons. The molecular weight excluding hydrogens is 781 g/mol. The Kier molecular flexibility index (Phi) is 8.18. The highest BCUT2D eigenvalue weighted by molar-refractivity contribution is 6.16. The van der Waals surface area contributed by atoms with Crippen molar-refractivity contribution in [3.63, 3.8) is 0 Å². The van der Waals surface area contributed by atoms with Crippen LogP contribution in [0.1, 0.15) is 0 Å². The Balaban J connectivity index is 1.10. The van der Waals surface area contributed by atoms with Crippen LogP contribution in [0.15, 0.2) is 239 Å². The van der Waals surface area contributed by atoms with Gasteiger partial charge in [-0.15, -0.1) is 0 Å². The van der Waals surface area contributed by atoms with Crippen LogP contribution in [-0.2, 0) is 0 Å². The van der Waals surface area contributed by atoms with Gasteiger partial charge in [0.15, 0.2) is 0 Å². The quantitative estimate of drug-likeness (QED) is 0.161. The summed E-state index contributed by atoms with van der Waals surface area (Å²) in [6.45, 7) is 0. The number of hydrogen-bond donors (Lipinski definition) is 0. The zero-order valence-corrected chi connectivity index (χ0v) is 34.7. The third-order valence-electron chi connectivity index (χ3n) is 12.8. The van der Waals surface area contributed by atoms with Crippen molar-refractivity contribution in [2.75, 3.05) is 4.90 Å². The highest BCUT2D eigenvalue weighted by atomic mass is 16.3. The van der Waals surface area contributed by atoms with E-state index in [9.17, 15) is 0 Å². The van der Waals surface area contributed by atoms with Crippen molar-refractivity contribution in [2.45, 2.75) is 0 Å². The fourth-order valence-corrected chi connectivity index (χ4v) is 9.94. The van der Waals surface area contributed by atoms with Gasteiger partial charge >= 0.3 is 0 Å². The molecule has 0 radical (unpaired) electrons. The van der Waals surface area contributed by atoms with Gasteiger partial charge in [0.2, 0.25) is 0 Å². The zero-order valence-electron chi connectivity index (χ0n) is 34.7. The molecule has 0 aliphatic rings. The van der Waals surface area contributed by atoms with E-state index in [2.05, 4.69) is 222 Å². The Labute approximate surface area is 369 Å². The van der Waals surface area contributed by atoms with Gasteiger partial charge in [0.1, 0.15) is 22.3 Å². The second-order valence-corrected chi connectivity index (χ2v) is 16.4. The molecular formula is C60H38N2O2. The molecule has 4 heteroatoms. The lowest BCUT2D eigenvalue weighted by Crippen LogP contribution is -2.12. The zero-order chi connectivity index (χ0) is 42.1. The monoisotopic (exact) mass is 818 g/mol. The van der Waals surface area contributed by atoms with Crippen molar-refractivity contribution in [2.24, 2.45) is 0 Å². The lowest BCUT2D eigenvalue weighted by Gasteiger charge is -2.29. The second kappa shape index (κ2) is 14.5. The SMILES string of the molecule is c1ccc(-c2ccc(N(c3cccc(-c4cccc5c4oc4ccccc45)c3)c3ccc4c(oc5ccccc54)c3-c3ccccc3-n3c4ccccc4c4ccccc43)cc2)cc1. The van der Waals surface area contributed by atoms with Crippen LogP contribution in [0.25, 0.3) is 105 Å². The molecule has 4 nitrogen and oxygen atoms in total. The normalized spacial score (nSPS) is 11.8. The van der Waals surface area contributed by atoms with Crippen LogP contribution in [0.3, 0.4) is 0 Å². The van der Waals surface area contributed by atoms with E-state index in [1.165, 1.54) is 16.3 Å². The standard InChI is InChI=1S/C60H38N2O2/c1-2-16-39(17-3-1)40-32-34-42(35-33-40)61(43-19-14-18-41(38-43)44-25-15-26-49-47-22-7-12-30-56(47)63-59(44)49)55-37-36-50-48-23-8-13-31-57(48)64-60(50)58(55)51-24-6-11-29-54(51)62-52-27-9-4-20-45(52)46-21-5-10-28-53(46)62/h1-38H. The third-order valence-corrected chi connectivity index (χ3v) is 12.8. The highest BCUT2D eigenvalue weighted by Crippen LogP contribution is 2.49. The number of aromatic nitrogens is 1. The smallest absolute Gasteiger partial charge is 0.145 e. The van der Waals surface area contributed by atoms with E-state index in [0.717, 1.165) is 105 Å². The van der Waals surface area contributed by atoms with Crippen molar-refractivity contribution >= 4 is 82.7 Å². The van der Waals surface area contributed by atoms with E-state index in [0.29, 0.717) is 0 Å². The molecule has 3 heterocycles. The van der Waals surface area contributed by atoms with Crippen molar-refractivity contribution < 1.29 is 8.83 Å². The lowest BCUT2D eigenvalue weighted by molar-refractivity contribution is 0.669. The topological polar surface area (TPSA) is 34.5 Å². The molecule has 0 fully saturated rings. The van der Waals surface area contributed by atoms with Crippen molar-refractivity contribution in [1.29, 1.82) is 0 Å². The summed E-state index contributed by atoms with van der Waals surface area (Å²) >= 11 is 0. The molecule has 0 bridgehead atoms. The Hall–Kier alpha value is -8.60. The summed E-state index contributed by atoms with van der Waals surface area (Å²) < 4.78 is 16.1. The molecule has 0 unspecified atom stereocenters. The summed E-state index contributed by atoms with van der Waals surface area (Å²) in [5.74, 6) is 0. The summed E-state index contributed by atoms with van der Waals surface area (Å²) in [5.41, 5.74) is 16.3. The largest absolute Gasteiger partial charge is 0.455 e. The fraction of sp³-hybridized carbons (Fsp3) is 0. The first-order chi connectivity index (χ1) is 31.8. The summed E-state index contributed by atoms with van der Waals surface area (Å²) in [6.07, 6.45) is 0. The van der Waals surface area contributed by atoms with Crippen LogP contribution >= 0.6 is 0 Å². The average molecular weight is 819 g/mol. The fourth-order valence-electron chi connectivity index (χ4n) is 9.94. The highest BCUT2D eigenvalue weighted by Gasteiger charge is 2.26. The summed E-state index contributed by atoms with van der Waals surface area (Å²) in [5, 5.41) is 6.79. The number of rotatable bonds is 7. The van der Waals surface area contributed by atoms with E-state index in [1.807, 2.05) is 18.2 Å². The first-order valence-electron chi connectivity index (χ1n) is 21.8. The van der Waals surface area contributed by atoms with Gasteiger partial charge in [-0.05, 0) is 83.4 Å². The predicted octanol–water partition coefficient (Wildman–Crippen LogP) is 17.1. The van der Waals surface area contributed by atoms with Crippen molar-refractivity contribution in [3.8, 4) is 39.1 Å². The van der Waals surface area contributed by atoms with E-state index in [1.54, 1.807) is 0 Å². The molecule has 0 saturated carbocycles. The number of para-hydroxylation sites is 6. The third kappa shape index (κ3) is 5.63.